The number of nitrogens with zero attached hydrogens (tertiary/aromatic N) is 10. The minimum absolute atomic E-state index is 0.0285. The molecule has 1 N–H and O–H groups in total. The number of aromatic nitrogens is 8. The minimum Gasteiger partial charge on any atom is -0.543 e. The van der Waals surface area contributed by atoms with Gasteiger partial charge < -0.3 is 43.3 Å². The number of carboxylic acids is 1. The van der Waals surface area contributed by atoms with Gasteiger partial charge in [-0.25, -0.2) is 19.9 Å². The molecule has 0 saturated carbocycles. The van der Waals surface area contributed by atoms with Crippen molar-refractivity contribution in [2.75, 3.05) is 26.2 Å². The molecule has 0 aliphatic carbocycles. The normalized spacial score (nSPS) is 17.3. The van der Waals surface area contributed by atoms with E-state index in [1.54, 1.807) is 52.1 Å². The summed E-state index contributed by atoms with van der Waals surface area (Å²) in [7, 11) is 7.39. The summed E-state index contributed by atoms with van der Waals surface area (Å²) < 4.78 is 7.06. The van der Waals surface area contributed by atoms with Gasteiger partial charge in [-0.2, -0.15) is 0 Å². The highest BCUT2D eigenvalue weighted by atomic mass is 16.4. The Balaban J connectivity index is 0.000000171. The number of aromatic carboxylic acids is 1. The van der Waals surface area contributed by atoms with Crippen molar-refractivity contribution in [3.63, 3.8) is 0 Å². The van der Waals surface area contributed by atoms with Crippen molar-refractivity contribution in [3.8, 4) is 0 Å². The number of aryl methyl sites for hydroxylation is 5. The molecule has 2 amide bonds. The first-order chi connectivity index (χ1) is 21.3. The van der Waals surface area contributed by atoms with Gasteiger partial charge in [-0.3, -0.25) is 9.59 Å². The second-order valence-electron chi connectivity index (χ2n) is 11.4. The highest BCUT2D eigenvalue weighted by molar-refractivity contribution is 5.92. The Kier molecular flexibility index (Phi) is 12.6. The predicted octanol–water partition coefficient (Wildman–Crippen LogP) is 0.411. The summed E-state index contributed by atoms with van der Waals surface area (Å²) in [6, 6.07) is 0.688. The van der Waals surface area contributed by atoms with E-state index in [1.165, 1.54) is 12.5 Å². The molecule has 15 heteroatoms. The molecule has 0 spiro atoms. The molecule has 6 rings (SSSR count). The molecule has 2 aliphatic heterocycles. The van der Waals surface area contributed by atoms with Crippen LogP contribution in [0.1, 0.15) is 63.8 Å². The van der Waals surface area contributed by atoms with Crippen molar-refractivity contribution in [2.45, 2.75) is 45.7 Å². The van der Waals surface area contributed by atoms with Crippen LogP contribution in [-0.2, 0) is 28.2 Å². The lowest BCUT2D eigenvalue weighted by atomic mass is 10.1. The van der Waals surface area contributed by atoms with Crippen molar-refractivity contribution in [2.24, 2.45) is 28.2 Å². The Morgan fingerprint density at radius 3 is 1.38 bits per heavy atom. The Hall–Kier alpha value is -4.79. The van der Waals surface area contributed by atoms with E-state index in [0.717, 1.165) is 44.7 Å². The fourth-order valence-electron chi connectivity index (χ4n) is 4.85. The number of hydrogen-bond acceptors (Lipinski definition) is 9. The summed E-state index contributed by atoms with van der Waals surface area (Å²) in [4.78, 5) is 53.2. The minimum atomic E-state index is -1.24. The highest BCUT2D eigenvalue weighted by Crippen LogP contribution is 2.11. The zero-order valence-corrected chi connectivity index (χ0v) is 27.1. The molecule has 4 aromatic rings. The van der Waals surface area contributed by atoms with Gasteiger partial charge in [0, 0.05) is 91.2 Å². The lowest BCUT2D eigenvalue weighted by Crippen LogP contribution is -2.55. The molecule has 2 aliphatic rings. The summed E-state index contributed by atoms with van der Waals surface area (Å²) in [5.41, 5.74) is 2.13. The summed E-state index contributed by atoms with van der Waals surface area (Å²) in [5.74, 6) is -1.14. The van der Waals surface area contributed by atoms with E-state index in [1.807, 2.05) is 48.6 Å². The smallest absolute Gasteiger partial charge is 0.274 e. The lowest BCUT2D eigenvalue weighted by Gasteiger charge is -2.35. The third kappa shape index (κ3) is 11.0. The average Bonchev–Trinajstić information content (AvgIpc) is 3.82. The molecule has 45 heavy (non-hydrogen) atoms. The van der Waals surface area contributed by atoms with Crippen LogP contribution in [0.15, 0.2) is 50.1 Å². The number of piperazine rings is 1. The second kappa shape index (κ2) is 16.3. The monoisotopic (exact) mass is 622 g/mol. The van der Waals surface area contributed by atoms with Gasteiger partial charge in [-0.1, -0.05) is 0 Å². The number of carboxylic acid groups (broad SMARTS) is 1. The molecule has 2 saturated heterocycles. The maximum atomic E-state index is 12.1. The number of hydrogen-bond donors (Lipinski definition) is 1. The maximum absolute atomic E-state index is 12.1. The number of imidazole rings is 4. The van der Waals surface area contributed by atoms with Crippen LogP contribution in [-0.4, -0.2) is 104 Å². The molecular weight excluding hydrogens is 578 g/mol. The van der Waals surface area contributed by atoms with Gasteiger partial charge in [-0.15, -0.1) is 0 Å². The van der Waals surface area contributed by atoms with Crippen LogP contribution in [0.5, 0.6) is 0 Å². The highest BCUT2D eigenvalue weighted by Gasteiger charge is 2.26. The van der Waals surface area contributed by atoms with E-state index in [0.29, 0.717) is 23.5 Å². The lowest BCUT2D eigenvalue weighted by molar-refractivity contribution is -0.255. The van der Waals surface area contributed by atoms with Gasteiger partial charge in [-0.05, 0) is 33.6 Å². The predicted molar refractivity (Wildman–Crippen MR) is 165 cm³/mol. The van der Waals surface area contributed by atoms with Crippen LogP contribution in [0.4, 0.5) is 0 Å². The number of nitrogens with one attached hydrogen (secondary N) is 1. The molecule has 2 unspecified atom stereocenters. The molecule has 0 radical (unpaired) electrons. The van der Waals surface area contributed by atoms with E-state index in [2.05, 4.69) is 39.1 Å². The van der Waals surface area contributed by atoms with Crippen LogP contribution in [0, 0.1) is 6.92 Å². The largest absolute Gasteiger partial charge is 0.543 e. The topological polar surface area (TPSA) is 164 Å². The fraction of sp³-hybridized carbons (Fsp3) is 0.500. The number of carbonyl (C=O) groups excluding carboxylic acids is 3. The Morgan fingerprint density at radius 2 is 1.07 bits per heavy atom. The Morgan fingerprint density at radius 1 is 0.667 bits per heavy atom. The molecule has 15 nitrogen and oxygen atoms in total. The van der Waals surface area contributed by atoms with E-state index < -0.39 is 5.97 Å². The van der Waals surface area contributed by atoms with Crippen LogP contribution in [0.25, 0.3) is 0 Å². The Labute approximate surface area is 263 Å². The molecule has 4 aromatic heterocycles. The maximum Gasteiger partial charge on any atom is 0.274 e. The summed E-state index contributed by atoms with van der Waals surface area (Å²) in [6.45, 7) is 9.42. The first kappa shape index (κ1) is 34.7. The van der Waals surface area contributed by atoms with Crippen molar-refractivity contribution in [3.05, 3.63) is 72.9 Å². The first-order valence-corrected chi connectivity index (χ1v) is 14.8. The Bertz CT molecular complexity index is 1500. The van der Waals surface area contributed by atoms with E-state index in [4.69, 9.17) is 0 Å². The third-order valence-corrected chi connectivity index (χ3v) is 6.83. The molecule has 0 aromatic carbocycles. The zero-order valence-electron chi connectivity index (χ0n) is 27.1. The van der Waals surface area contributed by atoms with E-state index >= 15 is 0 Å². The number of carbonyl (C=O) groups is 3. The summed E-state index contributed by atoms with van der Waals surface area (Å²) in [5, 5.41) is 13.4. The van der Waals surface area contributed by atoms with Gasteiger partial charge in [0.15, 0.2) is 0 Å². The van der Waals surface area contributed by atoms with Crippen molar-refractivity contribution in [1.82, 2.24) is 53.3 Å². The quantitative estimate of drug-likeness (QED) is 0.341. The molecule has 2 fully saturated rings. The van der Waals surface area contributed by atoms with Gasteiger partial charge in [0.1, 0.15) is 17.1 Å². The van der Waals surface area contributed by atoms with Gasteiger partial charge >= 0.3 is 0 Å². The number of likely N-dealkylation sites (tertiary alicyclic amines) is 1. The van der Waals surface area contributed by atoms with Crippen LogP contribution in [0.3, 0.4) is 0 Å². The zero-order chi connectivity index (χ0) is 33.1. The first-order valence-electron chi connectivity index (χ1n) is 14.8. The van der Waals surface area contributed by atoms with Crippen LogP contribution < -0.4 is 10.4 Å². The van der Waals surface area contributed by atoms with Gasteiger partial charge in [0.25, 0.3) is 11.8 Å². The third-order valence-electron chi connectivity index (χ3n) is 6.83. The van der Waals surface area contributed by atoms with Crippen LogP contribution >= 0.6 is 0 Å². The summed E-state index contributed by atoms with van der Waals surface area (Å²) in [6.07, 6.45) is 15.6. The second-order valence-corrected chi connectivity index (χ2v) is 11.4. The van der Waals surface area contributed by atoms with Gasteiger partial charge in [0.2, 0.25) is 0 Å². The van der Waals surface area contributed by atoms with Crippen molar-refractivity contribution in [1.29, 1.82) is 0 Å². The average molecular weight is 623 g/mol. The standard InChI is InChI=1S/C11H18N4O.C9H13N3O.C5H6N2O2.C5H8N2/c1-8-4-15(5-9(2)13-8)11(16)10-6-14(3)7-12-10;1-11-6-8(10-7-11)9(13)12-4-2-3-5-12;1-7-2-4(5(8)9)6-3-7;1-5-3-7(2)4-6-5/h6-9,13H,4-5H2,1-3H3;6-7H,2-5H2,1H3;2-3H,1H3,(H,8,9);3-4H,1-2H3/p-1. The SMILES string of the molecule is CC1CN(C(=O)c2cn(C)cn2)CC(C)N1.Cc1cn(C)cn1.Cn1cnc(C(=O)N2CCCC2)c1.Cn1cnc(C(=O)[O-])c1. The van der Waals surface area contributed by atoms with E-state index in [9.17, 15) is 19.5 Å². The molecule has 6 heterocycles. The van der Waals surface area contributed by atoms with Crippen LogP contribution in [0.2, 0.25) is 0 Å². The molecular formula is C30H44N11O4-. The molecule has 2 atom stereocenters. The van der Waals surface area contributed by atoms with E-state index in [-0.39, 0.29) is 17.5 Å². The number of rotatable bonds is 3. The molecule has 244 valence electrons. The van der Waals surface area contributed by atoms with Gasteiger partial charge in [0.05, 0.1) is 37.0 Å². The van der Waals surface area contributed by atoms with Crippen molar-refractivity contribution >= 4 is 17.8 Å². The fourth-order valence-corrected chi connectivity index (χ4v) is 4.85. The number of amides is 2. The summed E-state index contributed by atoms with van der Waals surface area (Å²) >= 11 is 0. The molecule has 0 bridgehead atoms. The van der Waals surface area contributed by atoms with Crippen molar-refractivity contribution < 1.29 is 19.5 Å².